The van der Waals surface area contributed by atoms with Gasteiger partial charge in [0.1, 0.15) is 0 Å². The van der Waals surface area contributed by atoms with E-state index in [1.54, 1.807) is 24.5 Å². The predicted octanol–water partition coefficient (Wildman–Crippen LogP) is 5.03. The van der Waals surface area contributed by atoms with Gasteiger partial charge in [-0.15, -0.1) is 0 Å². The molecule has 144 valence electrons. The lowest BCUT2D eigenvalue weighted by atomic mass is 9.87. The maximum atomic E-state index is 12.4. The van der Waals surface area contributed by atoms with E-state index < -0.39 is 0 Å². The lowest BCUT2D eigenvalue weighted by Gasteiger charge is -2.23. The molecule has 4 heteroatoms. The lowest BCUT2D eigenvalue weighted by Crippen LogP contribution is -2.26. The number of amides is 1. The van der Waals surface area contributed by atoms with Crippen molar-refractivity contribution in [2.75, 3.05) is 11.9 Å². The molecule has 1 fully saturated rings. The minimum atomic E-state index is -0.100. The summed E-state index contributed by atoms with van der Waals surface area (Å²) in [5, 5.41) is 6.64. The molecule has 27 heavy (non-hydrogen) atoms. The number of nitrogens with one attached hydrogen (secondary N) is 2. The molecule has 2 N–H and O–H groups in total. The van der Waals surface area contributed by atoms with Gasteiger partial charge in [-0.3, -0.25) is 9.78 Å². The van der Waals surface area contributed by atoms with Crippen molar-refractivity contribution in [3.63, 3.8) is 0 Å². The second-order valence-electron chi connectivity index (χ2n) is 7.71. The van der Waals surface area contributed by atoms with Crippen molar-refractivity contribution in [1.29, 1.82) is 0 Å². The lowest BCUT2D eigenvalue weighted by molar-refractivity contribution is 0.102. The van der Waals surface area contributed by atoms with Gasteiger partial charge in [-0.1, -0.05) is 63.6 Å². The Kier molecular flexibility index (Phi) is 7.40. The molecule has 0 radical (unpaired) electrons. The Morgan fingerprint density at radius 3 is 2.52 bits per heavy atom. The number of anilines is 1. The Morgan fingerprint density at radius 2 is 1.78 bits per heavy atom. The van der Waals surface area contributed by atoms with Crippen LogP contribution in [0, 0.1) is 11.8 Å². The van der Waals surface area contributed by atoms with Gasteiger partial charge in [0.25, 0.3) is 5.91 Å². The highest BCUT2D eigenvalue weighted by Crippen LogP contribution is 2.28. The Labute approximate surface area is 162 Å². The van der Waals surface area contributed by atoms with Crippen molar-refractivity contribution in [2.24, 2.45) is 11.8 Å². The molecule has 1 saturated carbocycles. The second-order valence-corrected chi connectivity index (χ2v) is 7.71. The zero-order valence-electron chi connectivity index (χ0n) is 16.3. The summed E-state index contributed by atoms with van der Waals surface area (Å²) >= 11 is 0. The molecular formula is C23H31N3O. The fourth-order valence-corrected chi connectivity index (χ4v) is 3.98. The highest BCUT2D eigenvalue weighted by Gasteiger charge is 2.18. The third-order valence-electron chi connectivity index (χ3n) is 5.69. The van der Waals surface area contributed by atoms with E-state index in [2.05, 4.69) is 28.6 Å². The molecule has 1 amide bonds. The first kappa shape index (κ1) is 19.6. The number of benzene rings is 1. The minimum Gasteiger partial charge on any atom is -0.322 e. The van der Waals surface area contributed by atoms with E-state index in [-0.39, 0.29) is 5.91 Å². The molecule has 1 aromatic carbocycles. The zero-order chi connectivity index (χ0) is 18.9. The van der Waals surface area contributed by atoms with Gasteiger partial charge in [-0.05, 0) is 42.1 Å². The fraction of sp³-hybridized carbons (Fsp3) is 0.478. The summed E-state index contributed by atoms with van der Waals surface area (Å²) in [6.45, 7) is 4.17. The summed E-state index contributed by atoms with van der Waals surface area (Å²) in [7, 11) is 0. The molecule has 1 heterocycles. The molecule has 1 aliphatic carbocycles. The van der Waals surface area contributed by atoms with Gasteiger partial charge in [-0.2, -0.15) is 0 Å². The molecule has 2 aromatic rings. The van der Waals surface area contributed by atoms with Crippen LogP contribution in [0.3, 0.4) is 0 Å². The summed E-state index contributed by atoms with van der Waals surface area (Å²) in [5.41, 5.74) is 2.61. The number of pyridine rings is 1. The minimum absolute atomic E-state index is 0.100. The highest BCUT2D eigenvalue weighted by atomic mass is 16.1. The fourth-order valence-electron chi connectivity index (χ4n) is 3.98. The summed E-state index contributed by atoms with van der Waals surface area (Å²) < 4.78 is 0. The van der Waals surface area contributed by atoms with Gasteiger partial charge >= 0.3 is 0 Å². The monoisotopic (exact) mass is 365 g/mol. The van der Waals surface area contributed by atoms with Gasteiger partial charge in [-0.25, -0.2) is 0 Å². The van der Waals surface area contributed by atoms with Crippen LogP contribution in [0.15, 0.2) is 48.8 Å². The van der Waals surface area contributed by atoms with E-state index in [9.17, 15) is 4.79 Å². The number of rotatable bonds is 7. The average Bonchev–Trinajstić information content (AvgIpc) is 2.99. The molecule has 1 atom stereocenters. The van der Waals surface area contributed by atoms with E-state index in [0.717, 1.165) is 30.3 Å². The summed E-state index contributed by atoms with van der Waals surface area (Å²) in [4.78, 5) is 16.4. The number of carbonyl (C=O) groups excluding carboxylic acids is 1. The van der Waals surface area contributed by atoms with Crippen LogP contribution in [0.4, 0.5) is 5.69 Å². The van der Waals surface area contributed by atoms with Crippen molar-refractivity contribution in [1.82, 2.24) is 10.3 Å². The maximum absolute atomic E-state index is 12.4. The summed E-state index contributed by atoms with van der Waals surface area (Å²) in [5.74, 6) is 1.44. The topological polar surface area (TPSA) is 54.0 Å². The third kappa shape index (κ3) is 5.90. The quantitative estimate of drug-likeness (QED) is 0.677. The van der Waals surface area contributed by atoms with Crippen LogP contribution < -0.4 is 10.6 Å². The van der Waals surface area contributed by atoms with Gasteiger partial charge in [0.05, 0.1) is 0 Å². The molecule has 0 aliphatic heterocycles. The molecule has 0 bridgehead atoms. The number of aromatic nitrogens is 1. The average molecular weight is 366 g/mol. The molecule has 1 unspecified atom stereocenters. The van der Waals surface area contributed by atoms with Crippen LogP contribution in [-0.2, 0) is 6.54 Å². The number of para-hydroxylation sites is 1. The van der Waals surface area contributed by atoms with Crippen LogP contribution in [0.2, 0.25) is 0 Å². The van der Waals surface area contributed by atoms with E-state index in [4.69, 9.17) is 0 Å². The van der Waals surface area contributed by atoms with Crippen LogP contribution in [0.5, 0.6) is 0 Å². The normalized spacial score (nSPS) is 16.5. The van der Waals surface area contributed by atoms with Gasteiger partial charge in [0, 0.05) is 30.2 Å². The molecular weight excluding hydrogens is 334 g/mol. The molecule has 1 aromatic heterocycles. The Bertz CT molecular complexity index is 709. The van der Waals surface area contributed by atoms with Crippen molar-refractivity contribution in [3.05, 3.63) is 59.9 Å². The van der Waals surface area contributed by atoms with Crippen LogP contribution in [-0.4, -0.2) is 17.4 Å². The maximum Gasteiger partial charge on any atom is 0.255 e. The number of hydrogen-bond donors (Lipinski definition) is 2. The van der Waals surface area contributed by atoms with E-state index in [0.29, 0.717) is 11.5 Å². The Hall–Kier alpha value is -2.20. The number of carbonyl (C=O) groups is 1. The van der Waals surface area contributed by atoms with Gasteiger partial charge in [0.2, 0.25) is 0 Å². The summed E-state index contributed by atoms with van der Waals surface area (Å²) in [6, 6.07) is 11.5. The first-order valence-corrected chi connectivity index (χ1v) is 10.2. The summed E-state index contributed by atoms with van der Waals surface area (Å²) in [6.07, 6.45) is 11.6. The molecule has 4 nitrogen and oxygen atoms in total. The smallest absolute Gasteiger partial charge is 0.255 e. The van der Waals surface area contributed by atoms with E-state index >= 15 is 0 Å². The Morgan fingerprint density at radius 1 is 1.07 bits per heavy atom. The molecule has 0 spiro atoms. The van der Waals surface area contributed by atoms with Crippen molar-refractivity contribution < 1.29 is 4.79 Å². The first-order chi connectivity index (χ1) is 13.2. The van der Waals surface area contributed by atoms with Gasteiger partial charge in [0.15, 0.2) is 0 Å². The van der Waals surface area contributed by atoms with Crippen LogP contribution in [0.1, 0.15) is 61.4 Å². The van der Waals surface area contributed by atoms with Crippen molar-refractivity contribution >= 4 is 11.6 Å². The number of hydrogen-bond acceptors (Lipinski definition) is 3. The van der Waals surface area contributed by atoms with Gasteiger partial charge < -0.3 is 10.6 Å². The van der Waals surface area contributed by atoms with E-state index in [1.165, 1.54) is 38.5 Å². The molecule has 1 aliphatic rings. The van der Waals surface area contributed by atoms with Crippen LogP contribution >= 0.6 is 0 Å². The Balaban J connectivity index is 1.54. The van der Waals surface area contributed by atoms with E-state index in [1.807, 2.05) is 18.2 Å². The SMILES string of the molecule is CC(CNCc1ccccc1NC(=O)c1ccncc1)C1CCCCCC1. The van der Waals surface area contributed by atoms with Crippen molar-refractivity contribution in [3.8, 4) is 0 Å². The predicted molar refractivity (Wildman–Crippen MR) is 111 cm³/mol. The molecule has 3 rings (SSSR count). The van der Waals surface area contributed by atoms with Crippen LogP contribution in [0.25, 0.3) is 0 Å². The first-order valence-electron chi connectivity index (χ1n) is 10.2. The standard InChI is InChI=1S/C23H31N3O/c1-18(19-8-4-2-3-5-9-19)16-25-17-21-10-6-7-11-22(21)26-23(27)20-12-14-24-15-13-20/h6-7,10-15,18-19,25H,2-5,8-9,16-17H2,1H3,(H,26,27). The highest BCUT2D eigenvalue weighted by molar-refractivity contribution is 6.04. The molecule has 0 saturated heterocycles. The third-order valence-corrected chi connectivity index (χ3v) is 5.69. The number of nitrogens with zero attached hydrogens (tertiary/aromatic N) is 1. The van der Waals surface area contributed by atoms with Crippen molar-refractivity contribution in [2.45, 2.75) is 52.0 Å². The zero-order valence-corrected chi connectivity index (χ0v) is 16.3. The largest absolute Gasteiger partial charge is 0.322 e. The second kappa shape index (κ2) is 10.2.